The molecule has 2 heterocycles. The lowest BCUT2D eigenvalue weighted by atomic mass is 9.87. The van der Waals surface area contributed by atoms with Gasteiger partial charge in [0.05, 0.1) is 13.1 Å². The van der Waals surface area contributed by atoms with Crippen LogP contribution in [0.2, 0.25) is 0 Å². The van der Waals surface area contributed by atoms with Crippen molar-refractivity contribution in [3.8, 4) is 0 Å². The van der Waals surface area contributed by atoms with Crippen LogP contribution in [0.1, 0.15) is 31.7 Å². The van der Waals surface area contributed by atoms with Crippen LogP contribution in [-0.2, 0) is 16.1 Å². The van der Waals surface area contributed by atoms with E-state index in [0.29, 0.717) is 19.4 Å². The lowest BCUT2D eigenvalue weighted by Gasteiger charge is -2.44. The summed E-state index contributed by atoms with van der Waals surface area (Å²) in [6, 6.07) is 0. The third-order valence-electron chi connectivity index (χ3n) is 3.59. The van der Waals surface area contributed by atoms with Crippen LogP contribution >= 0.6 is 11.3 Å². The van der Waals surface area contributed by atoms with Gasteiger partial charge in [0, 0.05) is 11.6 Å². The molecule has 0 spiro atoms. The van der Waals surface area contributed by atoms with Crippen molar-refractivity contribution in [3.05, 3.63) is 16.6 Å². The van der Waals surface area contributed by atoms with E-state index in [1.54, 1.807) is 11.1 Å². The van der Waals surface area contributed by atoms with E-state index in [9.17, 15) is 9.59 Å². The zero-order valence-electron chi connectivity index (χ0n) is 10.6. The van der Waals surface area contributed by atoms with Crippen LogP contribution in [0, 0.1) is 0 Å². The Labute approximate surface area is 110 Å². The van der Waals surface area contributed by atoms with Gasteiger partial charge < -0.3 is 10.2 Å². The van der Waals surface area contributed by atoms with Crippen molar-refractivity contribution in [2.45, 2.75) is 38.8 Å². The monoisotopic (exact) mass is 267 g/mol. The number of nitrogens with one attached hydrogen (secondary N) is 1. The zero-order valence-corrected chi connectivity index (χ0v) is 11.4. The largest absolute Gasteiger partial charge is 0.345 e. The lowest BCUT2D eigenvalue weighted by molar-refractivity contribution is -0.155. The van der Waals surface area contributed by atoms with Crippen LogP contribution in [0.3, 0.4) is 0 Å². The summed E-state index contributed by atoms with van der Waals surface area (Å²) in [5.41, 5.74) is -0.721. The van der Waals surface area contributed by atoms with Crippen LogP contribution in [0.25, 0.3) is 0 Å². The number of rotatable bonds is 4. The number of hydrogen-bond donors (Lipinski definition) is 1. The van der Waals surface area contributed by atoms with Gasteiger partial charge in [0.2, 0.25) is 11.8 Å². The fraction of sp³-hybridized carbons (Fsp3) is 0.583. The highest BCUT2D eigenvalue weighted by Gasteiger charge is 2.46. The van der Waals surface area contributed by atoms with Crippen molar-refractivity contribution in [3.63, 3.8) is 0 Å². The molecule has 98 valence electrons. The summed E-state index contributed by atoms with van der Waals surface area (Å²) in [4.78, 5) is 30.1. The molecule has 0 saturated carbocycles. The number of aromatic nitrogens is 1. The predicted molar refractivity (Wildman–Crippen MR) is 69.0 cm³/mol. The molecule has 0 bridgehead atoms. The Bertz CT molecular complexity index is 440. The molecule has 0 unspecified atom stereocenters. The normalized spacial score (nSPS) is 18.9. The molecule has 0 aromatic carbocycles. The first-order chi connectivity index (χ1) is 8.64. The van der Waals surface area contributed by atoms with Crippen molar-refractivity contribution in [2.75, 3.05) is 6.54 Å². The second kappa shape index (κ2) is 5.06. The molecule has 1 saturated heterocycles. The molecule has 1 aromatic heterocycles. The van der Waals surface area contributed by atoms with Crippen LogP contribution < -0.4 is 5.32 Å². The van der Waals surface area contributed by atoms with E-state index in [4.69, 9.17) is 0 Å². The van der Waals surface area contributed by atoms with Crippen molar-refractivity contribution < 1.29 is 9.59 Å². The summed E-state index contributed by atoms with van der Waals surface area (Å²) in [6.07, 6.45) is 2.95. The average molecular weight is 267 g/mol. The molecule has 5 nitrogen and oxygen atoms in total. The molecule has 2 rings (SSSR count). The van der Waals surface area contributed by atoms with Gasteiger partial charge in [0.1, 0.15) is 10.5 Å². The minimum Gasteiger partial charge on any atom is -0.345 e. The summed E-state index contributed by atoms with van der Waals surface area (Å²) >= 11 is 1.50. The van der Waals surface area contributed by atoms with Crippen LogP contribution in [0.5, 0.6) is 0 Å². The van der Waals surface area contributed by atoms with Gasteiger partial charge in [-0.1, -0.05) is 13.8 Å². The van der Waals surface area contributed by atoms with Gasteiger partial charge in [-0.2, -0.15) is 0 Å². The van der Waals surface area contributed by atoms with Gasteiger partial charge in [-0.25, -0.2) is 4.98 Å². The van der Waals surface area contributed by atoms with E-state index in [-0.39, 0.29) is 18.4 Å². The second-order valence-electron chi connectivity index (χ2n) is 4.33. The first-order valence-electron chi connectivity index (χ1n) is 6.11. The molecular weight excluding hydrogens is 250 g/mol. The number of nitrogens with zero attached hydrogens (tertiary/aromatic N) is 2. The number of thiazole rings is 1. The van der Waals surface area contributed by atoms with Crippen LogP contribution in [0.15, 0.2) is 11.6 Å². The third-order valence-corrected chi connectivity index (χ3v) is 4.35. The molecule has 1 fully saturated rings. The average Bonchev–Trinajstić information content (AvgIpc) is 2.88. The Morgan fingerprint density at radius 2 is 2.17 bits per heavy atom. The molecule has 1 N–H and O–H groups in total. The summed E-state index contributed by atoms with van der Waals surface area (Å²) in [7, 11) is 0. The van der Waals surface area contributed by atoms with E-state index >= 15 is 0 Å². The minimum atomic E-state index is -0.721. The van der Waals surface area contributed by atoms with Crippen molar-refractivity contribution >= 4 is 23.2 Å². The molecule has 2 amide bonds. The zero-order chi connectivity index (χ0) is 13.2. The van der Waals surface area contributed by atoms with Crippen molar-refractivity contribution in [2.24, 2.45) is 0 Å². The molecule has 1 aromatic rings. The molecule has 18 heavy (non-hydrogen) atoms. The van der Waals surface area contributed by atoms with E-state index in [2.05, 4.69) is 10.3 Å². The van der Waals surface area contributed by atoms with E-state index in [1.807, 2.05) is 19.2 Å². The highest BCUT2D eigenvalue weighted by molar-refractivity contribution is 7.09. The lowest BCUT2D eigenvalue weighted by Crippen LogP contribution is -2.66. The number of carbonyl (C=O) groups excluding carboxylic acids is 2. The van der Waals surface area contributed by atoms with Gasteiger partial charge >= 0.3 is 0 Å². The quantitative estimate of drug-likeness (QED) is 0.890. The van der Waals surface area contributed by atoms with Gasteiger partial charge in [-0.05, 0) is 12.8 Å². The first kappa shape index (κ1) is 13.0. The Balaban J connectivity index is 2.31. The number of amides is 2. The third kappa shape index (κ3) is 2.01. The topological polar surface area (TPSA) is 62.3 Å². The van der Waals surface area contributed by atoms with Gasteiger partial charge in [-0.3, -0.25) is 9.59 Å². The maximum atomic E-state index is 12.1. The van der Waals surface area contributed by atoms with Gasteiger partial charge in [0.25, 0.3) is 0 Å². The fourth-order valence-electron chi connectivity index (χ4n) is 2.44. The van der Waals surface area contributed by atoms with Crippen molar-refractivity contribution in [1.29, 1.82) is 0 Å². The SMILES string of the molecule is CCC1(CC)C(=O)NCC(=O)N1Cc1nccs1. The maximum Gasteiger partial charge on any atom is 0.246 e. The Morgan fingerprint density at radius 3 is 2.72 bits per heavy atom. The molecular formula is C12H17N3O2S. The highest BCUT2D eigenvalue weighted by Crippen LogP contribution is 2.29. The molecule has 0 aliphatic carbocycles. The smallest absolute Gasteiger partial charge is 0.246 e. The Hall–Kier alpha value is -1.43. The summed E-state index contributed by atoms with van der Waals surface area (Å²) in [5.74, 6) is -0.0860. The molecule has 0 atom stereocenters. The van der Waals surface area contributed by atoms with Crippen molar-refractivity contribution in [1.82, 2.24) is 15.2 Å². The van der Waals surface area contributed by atoms with Gasteiger partial charge in [0.15, 0.2) is 0 Å². The Morgan fingerprint density at radius 1 is 1.44 bits per heavy atom. The molecule has 1 aliphatic heterocycles. The standard InChI is InChI=1S/C12H17N3O2S/c1-3-12(4-2)11(17)14-7-10(16)15(12)8-9-13-5-6-18-9/h5-6H,3-4,7-8H2,1-2H3,(H,14,17). The van der Waals surface area contributed by atoms with Gasteiger partial charge in [-0.15, -0.1) is 11.3 Å². The minimum absolute atomic E-state index is 0.0338. The highest BCUT2D eigenvalue weighted by atomic mass is 32.1. The summed E-state index contributed by atoms with van der Waals surface area (Å²) in [6.45, 7) is 4.39. The predicted octanol–water partition coefficient (Wildman–Crippen LogP) is 1.16. The molecule has 1 aliphatic rings. The van der Waals surface area contributed by atoms with Crippen LogP contribution in [-0.4, -0.2) is 33.8 Å². The first-order valence-corrected chi connectivity index (χ1v) is 6.99. The summed E-state index contributed by atoms with van der Waals surface area (Å²) in [5, 5.41) is 5.43. The number of piperazine rings is 1. The fourth-order valence-corrected chi connectivity index (χ4v) is 3.04. The molecule has 6 heteroatoms. The second-order valence-corrected chi connectivity index (χ2v) is 5.31. The van der Waals surface area contributed by atoms with E-state index in [0.717, 1.165) is 5.01 Å². The molecule has 0 radical (unpaired) electrons. The van der Waals surface area contributed by atoms with E-state index in [1.165, 1.54) is 11.3 Å². The Kier molecular flexibility index (Phi) is 3.65. The number of carbonyl (C=O) groups is 2. The number of hydrogen-bond acceptors (Lipinski definition) is 4. The maximum absolute atomic E-state index is 12.1. The van der Waals surface area contributed by atoms with E-state index < -0.39 is 5.54 Å². The van der Waals surface area contributed by atoms with Crippen LogP contribution in [0.4, 0.5) is 0 Å². The summed E-state index contributed by atoms with van der Waals surface area (Å²) < 4.78 is 0.